The topological polar surface area (TPSA) is 72.4 Å². The van der Waals surface area contributed by atoms with Gasteiger partial charge in [-0.25, -0.2) is 5.43 Å². The highest BCUT2D eigenvalue weighted by Crippen LogP contribution is 2.24. The van der Waals surface area contributed by atoms with Crippen LogP contribution in [0.1, 0.15) is 32.8 Å². The summed E-state index contributed by atoms with van der Waals surface area (Å²) in [5.41, 5.74) is 8.69. The molecule has 1 amide bonds. The lowest BCUT2D eigenvalue weighted by molar-refractivity contribution is 0.0927. The zero-order chi connectivity index (χ0) is 20.9. The second-order valence-corrected chi connectivity index (χ2v) is 7.09. The molecule has 6 heteroatoms. The van der Waals surface area contributed by atoms with Gasteiger partial charge in [-0.2, -0.15) is 10.2 Å². The Labute approximate surface area is 174 Å². The Morgan fingerprint density at radius 1 is 1.10 bits per heavy atom. The first kappa shape index (κ1) is 19.4. The number of nitrogens with zero attached hydrogens (tertiary/aromatic N) is 3. The number of hydrogen-bond acceptors (Lipinski definition) is 4. The van der Waals surface area contributed by atoms with Gasteiger partial charge in [-0.1, -0.05) is 42.5 Å². The van der Waals surface area contributed by atoms with E-state index in [1.54, 1.807) is 18.3 Å². The summed E-state index contributed by atoms with van der Waals surface area (Å²) in [5, 5.41) is 8.89. The first-order valence-corrected chi connectivity index (χ1v) is 9.66. The van der Waals surface area contributed by atoms with E-state index < -0.39 is 5.91 Å². The molecule has 0 spiro atoms. The summed E-state index contributed by atoms with van der Waals surface area (Å²) in [6.45, 7) is 4.81. The van der Waals surface area contributed by atoms with Crippen LogP contribution in [0.3, 0.4) is 0 Å². The van der Waals surface area contributed by atoms with Crippen molar-refractivity contribution in [3.63, 3.8) is 0 Å². The Kier molecular flexibility index (Phi) is 5.57. The Morgan fingerprint density at radius 3 is 2.67 bits per heavy atom. The van der Waals surface area contributed by atoms with E-state index in [1.807, 2.05) is 29.1 Å². The smallest absolute Gasteiger partial charge is 0.307 e. The minimum Gasteiger partial charge on any atom is -0.459 e. The maximum atomic E-state index is 12.0. The van der Waals surface area contributed by atoms with Gasteiger partial charge in [-0.3, -0.25) is 9.48 Å². The van der Waals surface area contributed by atoms with Gasteiger partial charge in [-0.05, 0) is 48.7 Å². The molecule has 4 aromatic rings. The number of hydrogen-bond donors (Lipinski definition) is 1. The Hall–Kier alpha value is -3.93. The third-order valence-electron chi connectivity index (χ3n) is 4.87. The van der Waals surface area contributed by atoms with E-state index in [0.29, 0.717) is 6.54 Å². The van der Waals surface area contributed by atoms with Gasteiger partial charge in [-0.15, -0.1) is 0 Å². The number of carbonyl (C=O) groups excluding carboxylic acids is 1. The molecule has 150 valence electrons. The normalized spacial score (nSPS) is 11.1. The van der Waals surface area contributed by atoms with Crippen molar-refractivity contribution in [2.45, 2.75) is 20.4 Å². The van der Waals surface area contributed by atoms with Crippen molar-refractivity contribution in [3.05, 3.63) is 101 Å². The Morgan fingerprint density at radius 2 is 1.93 bits per heavy atom. The SMILES string of the molecule is Cc1ccc(-c2nn(Cc3ccccc3)cc2/C=N\NC(=O)c2ccco2)cc1C. The summed E-state index contributed by atoms with van der Waals surface area (Å²) in [5.74, 6) is -0.193. The molecule has 6 nitrogen and oxygen atoms in total. The summed E-state index contributed by atoms with van der Waals surface area (Å²) in [4.78, 5) is 12.0. The standard InChI is InChI=1S/C24H22N4O2/c1-17-10-11-20(13-18(17)2)23-21(14-25-26-24(29)22-9-6-12-30-22)16-28(27-23)15-19-7-4-3-5-8-19/h3-14,16H,15H2,1-2H3,(H,26,29)/b25-14-. The van der Waals surface area contributed by atoms with Crippen molar-refractivity contribution in [2.24, 2.45) is 5.10 Å². The molecule has 0 saturated carbocycles. The van der Waals surface area contributed by atoms with Crippen LogP contribution >= 0.6 is 0 Å². The average molecular weight is 398 g/mol. The molecule has 2 aromatic heterocycles. The number of benzene rings is 2. The molecular weight excluding hydrogens is 376 g/mol. The maximum Gasteiger partial charge on any atom is 0.307 e. The van der Waals surface area contributed by atoms with Gasteiger partial charge in [0.05, 0.1) is 19.0 Å². The second kappa shape index (κ2) is 8.61. The molecule has 30 heavy (non-hydrogen) atoms. The highest BCUT2D eigenvalue weighted by Gasteiger charge is 2.12. The van der Waals surface area contributed by atoms with Crippen LogP contribution in [-0.4, -0.2) is 21.9 Å². The van der Waals surface area contributed by atoms with Gasteiger partial charge in [0.1, 0.15) is 5.69 Å². The molecular formula is C24H22N4O2. The number of rotatable bonds is 6. The minimum atomic E-state index is -0.402. The van der Waals surface area contributed by atoms with E-state index in [1.165, 1.54) is 17.4 Å². The molecule has 2 aromatic carbocycles. The zero-order valence-electron chi connectivity index (χ0n) is 16.9. The molecule has 0 atom stereocenters. The quantitative estimate of drug-likeness (QED) is 0.382. The molecule has 0 bridgehead atoms. The van der Waals surface area contributed by atoms with Gasteiger partial charge in [0, 0.05) is 17.3 Å². The van der Waals surface area contributed by atoms with Crippen molar-refractivity contribution < 1.29 is 9.21 Å². The fraction of sp³-hybridized carbons (Fsp3) is 0.125. The van der Waals surface area contributed by atoms with E-state index in [9.17, 15) is 4.79 Å². The van der Waals surface area contributed by atoms with Crippen LogP contribution < -0.4 is 5.43 Å². The Balaban J connectivity index is 1.63. The van der Waals surface area contributed by atoms with Crippen molar-refractivity contribution in [1.82, 2.24) is 15.2 Å². The third kappa shape index (κ3) is 4.38. The second-order valence-electron chi connectivity index (χ2n) is 7.09. The number of amides is 1. The average Bonchev–Trinajstić information content (AvgIpc) is 3.41. The molecule has 0 saturated heterocycles. The molecule has 2 heterocycles. The first-order valence-electron chi connectivity index (χ1n) is 9.66. The minimum absolute atomic E-state index is 0.210. The fourth-order valence-corrected chi connectivity index (χ4v) is 3.12. The van der Waals surface area contributed by atoms with Crippen LogP contribution in [0.15, 0.2) is 82.6 Å². The van der Waals surface area contributed by atoms with Crippen LogP contribution in [0.5, 0.6) is 0 Å². The van der Waals surface area contributed by atoms with Gasteiger partial charge in [0.15, 0.2) is 5.76 Å². The number of aryl methyl sites for hydroxylation is 2. The van der Waals surface area contributed by atoms with Crippen LogP contribution in [0.2, 0.25) is 0 Å². The summed E-state index contributed by atoms with van der Waals surface area (Å²) in [6.07, 6.45) is 4.99. The van der Waals surface area contributed by atoms with Crippen LogP contribution in [0.25, 0.3) is 11.3 Å². The van der Waals surface area contributed by atoms with Gasteiger partial charge in [0.25, 0.3) is 0 Å². The highest BCUT2D eigenvalue weighted by molar-refractivity contribution is 5.93. The summed E-state index contributed by atoms with van der Waals surface area (Å²) in [7, 11) is 0. The summed E-state index contributed by atoms with van der Waals surface area (Å²) >= 11 is 0. The maximum absolute atomic E-state index is 12.0. The largest absolute Gasteiger partial charge is 0.459 e. The number of hydrazone groups is 1. The van der Waals surface area contributed by atoms with Gasteiger partial charge < -0.3 is 4.42 Å². The van der Waals surface area contributed by atoms with Crippen LogP contribution in [-0.2, 0) is 6.54 Å². The van der Waals surface area contributed by atoms with E-state index in [-0.39, 0.29) is 5.76 Å². The van der Waals surface area contributed by atoms with E-state index >= 15 is 0 Å². The lowest BCUT2D eigenvalue weighted by Crippen LogP contribution is -2.16. The number of aromatic nitrogens is 2. The van der Waals surface area contributed by atoms with Crippen molar-refractivity contribution in [3.8, 4) is 11.3 Å². The fourth-order valence-electron chi connectivity index (χ4n) is 3.12. The number of carbonyl (C=O) groups is 1. The van der Waals surface area contributed by atoms with Gasteiger partial charge in [0.2, 0.25) is 0 Å². The monoisotopic (exact) mass is 398 g/mol. The Bertz CT molecular complexity index is 1180. The molecule has 1 N–H and O–H groups in total. The van der Waals surface area contributed by atoms with Crippen LogP contribution in [0, 0.1) is 13.8 Å². The third-order valence-corrected chi connectivity index (χ3v) is 4.87. The van der Waals surface area contributed by atoms with Gasteiger partial charge >= 0.3 is 5.91 Å². The highest BCUT2D eigenvalue weighted by atomic mass is 16.3. The van der Waals surface area contributed by atoms with E-state index in [4.69, 9.17) is 9.52 Å². The van der Waals surface area contributed by atoms with E-state index in [2.05, 4.69) is 54.7 Å². The lowest BCUT2D eigenvalue weighted by atomic mass is 10.0. The first-order chi connectivity index (χ1) is 14.6. The molecule has 0 aliphatic heterocycles. The molecule has 0 fully saturated rings. The summed E-state index contributed by atoms with van der Waals surface area (Å²) < 4.78 is 6.97. The van der Waals surface area contributed by atoms with Crippen molar-refractivity contribution in [2.75, 3.05) is 0 Å². The predicted molar refractivity (Wildman–Crippen MR) is 116 cm³/mol. The molecule has 0 aliphatic rings. The zero-order valence-corrected chi connectivity index (χ0v) is 16.9. The molecule has 0 aliphatic carbocycles. The number of furan rings is 1. The molecule has 0 radical (unpaired) electrons. The predicted octanol–water partition coefficient (Wildman–Crippen LogP) is 4.57. The molecule has 4 rings (SSSR count). The van der Waals surface area contributed by atoms with Crippen molar-refractivity contribution in [1.29, 1.82) is 0 Å². The summed E-state index contributed by atoms with van der Waals surface area (Å²) in [6, 6.07) is 19.6. The number of nitrogens with one attached hydrogen (secondary N) is 1. The van der Waals surface area contributed by atoms with Crippen LogP contribution in [0.4, 0.5) is 0 Å². The lowest BCUT2D eigenvalue weighted by Gasteiger charge is -2.04. The molecule has 0 unspecified atom stereocenters. The van der Waals surface area contributed by atoms with Crippen molar-refractivity contribution >= 4 is 12.1 Å². The van der Waals surface area contributed by atoms with E-state index in [0.717, 1.165) is 22.4 Å².